The molecule has 1 heterocycles. The Labute approximate surface area is 87.1 Å². The van der Waals surface area contributed by atoms with E-state index in [9.17, 15) is 9.90 Å². The van der Waals surface area contributed by atoms with Crippen LogP contribution in [0.15, 0.2) is 15.3 Å². The highest BCUT2D eigenvalue weighted by molar-refractivity contribution is 5.35. The van der Waals surface area contributed by atoms with Crippen LogP contribution >= 0.6 is 0 Å². The summed E-state index contributed by atoms with van der Waals surface area (Å²) >= 11 is 0. The second kappa shape index (κ2) is 4.79. The van der Waals surface area contributed by atoms with E-state index >= 15 is 0 Å². The largest absolute Gasteiger partial charge is 0.496 e. The molecule has 0 radical (unpaired) electrons. The Morgan fingerprint density at radius 2 is 2.40 bits per heavy atom. The smallest absolute Gasteiger partial charge is 0.339 e. The molecule has 0 fully saturated rings. The fourth-order valence-corrected chi connectivity index (χ4v) is 1.18. The minimum absolute atomic E-state index is 0.201. The fourth-order valence-electron chi connectivity index (χ4n) is 1.18. The van der Waals surface area contributed by atoms with Gasteiger partial charge in [0, 0.05) is 0 Å². The molecular formula is C11H14O4. The maximum absolute atomic E-state index is 11.0. The van der Waals surface area contributed by atoms with Crippen LogP contribution in [0.1, 0.15) is 13.3 Å². The van der Waals surface area contributed by atoms with E-state index in [0.29, 0.717) is 17.4 Å². The van der Waals surface area contributed by atoms with Crippen molar-refractivity contribution < 1.29 is 14.3 Å². The number of hydrogen-bond donors (Lipinski definition) is 1. The first-order valence-electron chi connectivity index (χ1n) is 4.65. The van der Waals surface area contributed by atoms with Gasteiger partial charge in [0.1, 0.15) is 11.2 Å². The number of methoxy groups -OCH3 is 1. The Kier molecular flexibility index (Phi) is 3.68. The van der Waals surface area contributed by atoms with Crippen LogP contribution in [0, 0.1) is 0 Å². The SMILES string of the molecule is C=c1oc(=O)cc(OC)/c1=C/[C@@H](O)CC. The fraction of sp³-hybridized carbons (Fsp3) is 0.364. The van der Waals surface area contributed by atoms with Gasteiger partial charge >= 0.3 is 5.63 Å². The molecule has 1 N–H and O–H groups in total. The Morgan fingerprint density at radius 1 is 1.73 bits per heavy atom. The summed E-state index contributed by atoms with van der Waals surface area (Å²) in [6.07, 6.45) is 1.53. The second-order valence-electron chi connectivity index (χ2n) is 3.11. The van der Waals surface area contributed by atoms with E-state index in [1.165, 1.54) is 13.2 Å². The summed E-state index contributed by atoms with van der Waals surface area (Å²) < 4.78 is 9.82. The first-order chi connectivity index (χ1) is 7.08. The third kappa shape index (κ3) is 2.70. The third-order valence-corrected chi connectivity index (χ3v) is 2.04. The van der Waals surface area contributed by atoms with Crippen molar-refractivity contribution in [1.29, 1.82) is 0 Å². The lowest BCUT2D eigenvalue weighted by Crippen LogP contribution is -2.30. The second-order valence-corrected chi connectivity index (χ2v) is 3.11. The first kappa shape index (κ1) is 11.5. The molecule has 15 heavy (non-hydrogen) atoms. The van der Waals surface area contributed by atoms with Crippen LogP contribution in [0.3, 0.4) is 0 Å². The highest BCUT2D eigenvalue weighted by atomic mass is 16.5. The molecule has 1 aromatic rings. The molecule has 0 spiro atoms. The summed E-state index contributed by atoms with van der Waals surface area (Å²) in [5.74, 6) is 0.365. The van der Waals surface area contributed by atoms with Gasteiger partial charge < -0.3 is 14.3 Å². The third-order valence-electron chi connectivity index (χ3n) is 2.04. The predicted octanol–water partition coefficient (Wildman–Crippen LogP) is -0.390. The van der Waals surface area contributed by atoms with Crippen LogP contribution in [-0.4, -0.2) is 18.3 Å². The van der Waals surface area contributed by atoms with Gasteiger partial charge in [-0.25, -0.2) is 4.79 Å². The van der Waals surface area contributed by atoms with E-state index in [1.54, 1.807) is 6.08 Å². The van der Waals surface area contributed by atoms with Crippen molar-refractivity contribution >= 4 is 12.7 Å². The lowest BCUT2D eigenvalue weighted by atomic mass is 10.2. The van der Waals surface area contributed by atoms with Crippen LogP contribution in [0.2, 0.25) is 0 Å². The number of rotatable bonds is 3. The standard InChI is InChI=1S/C11H14O4/c1-4-8(12)5-9-7(2)15-11(13)6-10(9)14-3/h5-6,8,12H,2,4H2,1,3H3/b9-5+/t8-/m0/s1. The van der Waals surface area contributed by atoms with Gasteiger partial charge in [-0.1, -0.05) is 13.5 Å². The Bertz CT molecular complexity index is 486. The maximum Gasteiger partial charge on any atom is 0.339 e. The molecule has 1 atom stereocenters. The number of aliphatic hydroxyl groups is 1. The highest BCUT2D eigenvalue weighted by Crippen LogP contribution is 1.97. The molecule has 0 saturated carbocycles. The van der Waals surface area contributed by atoms with Crippen molar-refractivity contribution in [3.63, 3.8) is 0 Å². The van der Waals surface area contributed by atoms with Gasteiger partial charge in [0.25, 0.3) is 0 Å². The Hall–Kier alpha value is -1.55. The van der Waals surface area contributed by atoms with E-state index < -0.39 is 11.7 Å². The Balaban J connectivity index is 3.46. The normalized spacial score (nSPS) is 13.9. The number of ether oxygens (including phenoxy) is 1. The lowest BCUT2D eigenvalue weighted by Gasteiger charge is -2.03. The van der Waals surface area contributed by atoms with Gasteiger partial charge in [-0.05, 0) is 12.5 Å². The molecule has 0 unspecified atom stereocenters. The zero-order chi connectivity index (χ0) is 11.4. The molecule has 0 aliphatic heterocycles. The Morgan fingerprint density at radius 3 is 2.93 bits per heavy atom. The van der Waals surface area contributed by atoms with E-state index in [2.05, 4.69) is 6.58 Å². The van der Waals surface area contributed by atoms with Crippen molar-refractivity contribution in [2.45, 2.75) is 19.4 Å². The summed E-state index contributed by atoms with van der Waals surface area (Å²) in [7, 11) is 1.45. The molecule has 82 valence electrons. The zero-order valence-electron chi connectivity index (χ0n) is 8.82. The molecule has 4 nitrogen and oxygen atoms in total. The van der Waals surface area contributed by atoms with Crippen molar-refractivity contribution in [2.75, 3.05) is 7.11 Å². The van der Waals surface area contributed by atoms with Gasteiger partial charge in [0.2, 0.25) is 0 Å². The quantitative estimate of drug-likeness (QED) is 0.738. The molecule has 0 aliphatic rings. The van der Waals surface area contributed by atoms with Crippen molar-refractivity contribution in [1.82, 2.24) is 0 Å². The van der Waals surface area contributed by atoms with Crippen LogP contribution in [0.25, 0.3) is 12.7 Å². The van der Waals surface area contributed by atoms with Crippen molar-refractivity contribution in [3.8, 4) is 5.75 Å². The van der Waals surface area contributed by atoms with Crippen LogP contribution < -0.4 is 21.0 Å². The van der Waals surface area contributed by atoms with E-state index in [-0.39, 0.29) is 5.42 Å². The van der Waals surface area contributed by atoms with Crippen LogP contribution in [-0.2, 0) is 0 Å². The summed E-state index contributed by atoms with van der Waals surface area (Å²) in [6, 6.07) is 1.23. The molecule has 0 aliphatic carbocycles. The average molecular weight is 210 g/mol. The van der Waals surface area contributed by atoms with Crippen molar-refractivity contribution in [2.24, 2.45) is 0 Å². The summed E-state index contributed by atoms with van der Waals surface area (Å²) in [5, 5.41) is 9.99. The molecule has 1 aromatic heterocycles. The minimum Gasteiger partial charge on any atom is -0.496 e. The molecule has 0 amide bonds. The molecular weight excluding hydrogens is 196 g/mol. The molecule has 0 bridgehead atoms. The van der Waals surface area contributed by atoms with Crippen molar-refractivity contribution in [3.05, 3.63) is 27.1 Å². The lowest BCUT2D eigenvalue weighted by molar-refractivity contribution is 0.233. The zero-order valence-corrected chi connectivity index (χ0v) is 8.82. The van der Waals surface area contributed by atoms with E-state index in [1.807, 2.05) is 6.92 Å². The van der Waals surface area contributed by atoms with E-state index in [4.69, 9.17) is 9.15 Å². The highest BCUT2D eigenvalue weighted by Gasteiger charge is 2.02. The number of hydrogen-bond acceptors (Lipinski definition) is 4. The topological polar surface area (TPSA) is 59.7 Å². The van der Waals surface area contributed by atoms with Gasteiger partial charge in [0.15, 0.2) is 0 Å². The van der Waals surface area contributed by atoms with Gasteiger partial charge in [-0.2, -0.15) is 0 Å². The first-order valence-corrected chi connectivity index (χ1v) is 4.65. The minimum atomic E-state index is -0.605. The van der Waals surface area contributed by atoms with Crippen LogP contribution in [0.4, 0.5) is 0 Å². The predicted molar refractivity (Wildman–Crippen MR) is 57.1 cm³/mol. The molecule has 4 heteroatoms. The van der Waals surface area contributed by atoms with E-state index in [0.717, 1.165) is 0 Å². The van der Waals surface area contributed by atoms with Gasteiger partial charge in [-0.3, -0.25) is 0 Å². The van der Waals surface area contributed by atoms with Gasteiger partial charge in [-0.15, -0.1) is 0 Å². The summed E-state index contributed by atoms with van der Waals surface area (Å²) in [6.45, 7) is 5.43. The molecule has 0 saturated heterocycles. The maximum atomic E-state index is 11.0. The molecule has 1 rings (SSSR count). The summed E-state index contributed by atoms with van der Waals surface area (Å²) in [5.41, 5.74) is -0.313. The molecule has 0 aromatic carbocycles. The summed E-state index contributed by atoms with van der Waals surface area (Å²) in [4.78, 5) is 11.0. The van der Waals surface area contributed by atoms with Gasteiger partial charge in [0.05, 0.1) is 24.5 Å². The number of aliphatic hydroxyl groups excluding tert-OH is 1. The monoisotopic (exact) mass is 210 g/mol. The van der Waals surface area contributed by atoms with Crippen LogP contribution in [0.5, 0.6) is 5.75 Å². The average Bonchev–Trinajstić information content (AvgIpc) is 2.21.